The second kappa shape index (κ2) is 5.93. The number of anilines is 1. The van der Waals surface area contributed by atoms with Gasteiger partial charge in [0.15, 0.2) is 0 Å². The van der Waals surface area contributed by atoms with Crippen molar-refractivity contribution in [2.24, 2.45) is 0 Å². The van der Waals surface area contributed by atoms with Gasteiger partial charge in [0.25, 0.3) is 0 Å². The van der Waals surface area contributed by atoms with Gasteiger partial charge in [-0.05, 0) is 42.6 Å². The van der Waals surface area contributed by atoms with E-state index in [-0.39, 0.29) is 5.28 Å². The predicted molar refractivity (Wildman–Crippen MR) is 70.3 cm³/mol. The van der Waals surface area contributed by atoms with Crippen molar-refractivity contribution >= 4 is 17.4 Å². The quantitative estimate of drug-likeness (QED) is 0.874. The summed E-state index contributed by atoms with van der Waals surface area (Å²) in [5.41, 5.74) is 1.33. The number of nitrogens with one attached hydrogen (secondary N) is 1. The minimum absolute atomic E-state index is 0.166. The second-order valence-electron chi connectivity index (χ2n) is 4.12. The van der Waals surface area contributed by atoms with E-state index < -0.39 is 11.6 Å². The molecular weight excluding hydrogens is 272 g/mol. The molecule has 0 atom stereocenters. The Morgan fingerprint density at radius 3 is 2.42 bits per heavy atom. The lowest BCUT2D eigenvalue weighted by molar-refractivity contribution is 0.580. The van der Waals surface area contributed by atoms with Crippen molar-refractivity contribution in [1.82, 2.24) is 9.97 Å². The molecule has 1 aromatic heterocycles. The molecule has 0 radical (unpaired) electrons. The van der Waals surface area contributed by atoms with E-state index in [0.717, 1.165) is 11.8 Å². The number of benzene rings is 1. The third-order valence-corrected chi connectivity index (χ3v) is 2.64. The van der Waals surface area contributed by atoms with Gasteiger partial charge in [0.2, 0.25) is 5.28 Å². The standard InChI is InChI=1S/C13H12ClF2N3/c1-8-4-12(19-13(14)18-8)17-3-2-9-5-10(15)7-11(16)6-9/h4-7H,2-3H2,1H3,(H,17,18,19). The summed E-state index contributed by atoms with van der Waals surface area (Å²) in [5.74, 6) is -0.554. The second-order valence-corrected chi connectivity index (χ2v) is 4.46. The normalized spacial score (nSPS) is 10.5. The molecule has 2 rings (SSSR count). The van der Waals surface area contributed by atoms with Crippen molar-refractivity contribution in [2.75, 3.05) is 11.9 Å². The zero-order chi connectivity index (χ0) is 13.8. The fourth-order valence-electron chi connectivity index (χ4n) is 1.71. The van der Waals surface area contributed by atoms with Crippen molar-refractivity contribution in [2.45, 2.75) is 13.3 Å². The zero-order valence-corrected chi connectivity index (χ0v) is 11.0. The maximum atomic E-state index is 13.0. The highest BCUT2D eigenvalue weighted by atomic mass is 35.5. The average Bonchev–Trinajstić information content (AvgIpc) is 2.26. The van der Waals surface area contributed by atoms with Crippen LogP contribution in [0.5, 0.6) is 0 Å². The largest absolute Gasteiger partial charge is 0.370 e. The monoisotopic (exact) mass is 283 g/mol. The molecule has 100 valence electrons. The van der Waals surface area contributed by atoms with Crippen LogP contribution in [0.25, 0.3) is 0 Å². The summed E-state index contributed by atoms with van der Waals surface area (Å²) in [5, 5.41) is 3.20. The molecule has 0 unspecified atom stereocenters. The number of halogens is 3. The number of aryl methyl sites for hydroxylation is 1. The van der Waals surface area contributed by atoms with E-state index in [0.29, 0.717) is 24.3 Å². The molecule has 0 bridgehead atoms. The van der Waals surface area contributed by atoms with Crippen LogP contribution in [0.1, 0.15) is 11.3 Å². The Kier molecular flexibility index (Phi) is 4.27. The third kappa shape index (κ3) is 4.13. The zero-order valence-electron chi connectivity index (χ0n) is 10.3. The van der Waals surface area contributed by atoms with Gasteiger partial charge < -0.3 is 5.32 Å². The summed E-state index contributed by atoms with van der Waals surface area (Å²) in [6.45, 7) is 2.30. The van der Waals surface area contributed by atoms with E-state index in [1.165, 1.54) is 12.1 Å². The molecule has 0 amide bonds. The summed E-state index contributed by atoms with van der Waals surface area (Å²) in [6, 6.07) is 5.22. The van der Waals surface area contributed by atoms with Crippen LogP contribution in [0.2, 0.25) is 5.28 Å². The Balaban J connectivity index is 1.96. The van der Waals surface area contributed by atoms with Crippen LogP contribution in [0.4, 0.5) is 14.6 Å². The Hall–Kier alpha value is -1.75. The molecule has 0 aliphatic rings. The Morgan fingerprint density at radius 1 is 1.11 bits per heavy atom. The van der Waals surface area contributed by atoms with Gasteiger partial charge in [-0.1, -0.05) is 0 Å². The van der Waals surface area contributed by atoms with Gasteiger partial charge in [-0.25, -0.2) is 18.7 Å². The molecule has 1 N–H and O–H groups in total. The number of aromatic nitrogens is 2. The lowest BCUT2D eigenvalue weighted by Gasteiger charge is -2.07. The predicted octanol–water partition coefficient (Wildman–Crippen LogP) is 3.37. The first-order chi connectivity index (χ1) is 9.02. The van der Waals surface area contributed by atoms with Crippen LogP contribution in [0.15, 0.2) is 24.3 Å². The first-order valence-corrected chi connectivity index (χ1v) is 6.11. The minimum atomic E-state index is -0.573. The smallest absolute Gasteiger partial charge is 0.224 e. The van der Waals surface area contributed by atoms with E-state index in [9.17, 15) is 8.78 Å². The van der Waals surface area contributed by atoms with E-state index in [2.05, 4.69) is 15.3 Å². The van der Waals surface area contributed by atoms with Crippen LogP contribution in [0, 0.1) is 18.6 Å². The number of nitrogens with zero attached hydrogens (tertiary/aromatic N) is 2. The van der Waals surface area contributed by atoms with Crippen molar-refractivity contribution in [3.63, 3.8) is 0 Å². The van der Waals surface area contributed by atoms with Crippen LogP contribution in [0.3, 0.4) is 0 Å². The molecule has 0 saturated heterocycles. The molecule has 6 heteroatoms. The Morgan fingerprint density at radius 2 is 1.79 bits per heavy atom. The first-order valence-electron chi connectivity index (χ1n) is 5.73. The van der Waals surface area contributed by atoms with E-state index in [1.807, 2.05) is 0 Å². The maximum absolute atomic E-state index is 13.0. The average molecular weight is 284 g/mol. The highest BCUT2D eigenvalue weighted by Crippen LogP contribution is 2.11. The minimum Gasteiger partial charge on any atom is -0.370 e. The maximum Gasteiger partial charge on any atom is 0.224 e. The first kappa shape index (κ1) is 13.7. The van der Waals surface area contributed by atoms with Gasteiger partial charge in [0.05, 0.1) is 0 Å². The van der Waals surface area contributed by atoms with Crippen molar-refractivity contribution < 1.29 is 8.78 Å². The van der Waals surface area contributed by atoms with Gasteiger partial charge in [-0.15, -0.1) is 0 Å². The fourth-order valence-corrected chi connectivity index (χ4v) is 1.94. The third-order valence-electron chi connectivity index (χ3n) is 2.47. The highest BCUT2D eigenvalue weighted by molar-refractivity contribution is 6.28. The molecule has 1 aromatic carbocycles. The van der Waals surface area contributed by atoms with Gasteiger partial charge in [0, 0.05) is 24.4 Å². The molecule has 1 heterocycles. The van der Waals surface area contributed by atoms with E-state index in [4.69, 9.17) is 11.6 Å². The summed E-state index contributed by atoms with van der Waals surface area (Å²) in [6.07, 6.45) is 0.481. The Labute approximate surface area is 114 Å². The van der Waals surface area contributed by atoms with Gasteiger partial charge in [0.1, 0.15) is 17.5 Å². The van der Waals surface area contributed by atoms with Crippen LogP contribution in [-0.2, 0) is 6.42 Å². The lowest BCUT2D eigenvalue weighted by atomic mass is 10.1. The summed E-state index contributed by atoms with van der Waals surface area (Å²) < 4.78 is 26.0. The lowest BCUT2D eigenvalue weighted by Crippen LogP contribution is -2.07. The molecule has 0 aliphatic heterocycles. The van der Waals surface area contributed by atoms with Crippen LogP contribution >= 0.6 is 11.6 Å². The van der Waals surface area contributed by atoms with Crippen molar-refractivity contribution in [1.29, 1.82) is 0 Å². The Bertz CT molecular complexity index is 498. The van der Waals surface area contributed by atoms with Gasteiger partial charge in [-0.2, -0.15) is 0 Å². The van der Waals surface area contributed by atoms with Gasteiger partial charge in [-0.3, -0.25) is 0 Å². The summed E-state index contributed by atoms with van der Waals surface area (Å²) >= 11 is 5.73. The molecule has 0 fully saturated rings. The van der Waals surface area contributed by atoms with Gasteiger partial charge >= 0.3 is 0 Å². The number of hydrogen-bond donors (Lipinski definition) is 1. The molecule has 3 nitrogen and oxygen atoms in total. The SMILES string of the molecule is Cc1cc(NCCc2cc(F)cc(F)c2)nc(Cl)n1. The van der Waals surface area contributed by atoms with Crippen molar-refractivity contribution in [3.05, 3.63) is 52.4 Å². The summed E-state index contributed by atoms with van der Waals surface area (Å²) in [4.78, 5) is 7.93. The molecule has 0 spiro atoms. The van der Waals surface area contributed by atoms with E-state index >= 15 is 0 Å². The fraction of sp³-hybridized carbons (Fsp3) is 0.231. The van der Waals surface area contributed by atoms with Crippen LogP contribution in [-0.4, -0.2) is 16.5 Å². The molecule has 0 saturated carbocycles. The molecule has 0 aliphatic carbocycles. The van der Waals surface area contributed by atoms with E-state index in [1.54, 1.807) is 13.0 Å². The topological polar surface area (TPSA) is 37.8 Å². The van der Waals surface area contributed by atoms with Crippen LogP contribution < -0.4 is 5.32 Å². The number of hydrogen-bond acceptors (Lipinski definition) is 3. The summed E-state index contributed by atoms with van der Waals surface area (Å²) in [7, 11) is 0. The molecule has 2 aromatic rings. The molecular formula is C13H12ClF2N3. The van der Waals surface area contributed by atoms with Crippen molar-refractivity contribution in [3.8, 4) is 0 Å². The molecule has 19 heavy (non-hydrogen) atoms. The highest BCUT2D eigenvalue weighted by Gasteiger charge is 2.02. The number of rotatable bonds is 4.